The average molecular weight is 463 g/mol. The van der Waals surface area contributed by atoms with Crippen molar-refractivity contribution in [3.05, 3.63) is 65.6 Å². The number of hydrogen-bond donors (Lipinski definition) is 2. The van der Waals surface area contributed by atoms with E-state index < -0.39 is 0 Å². The smallest absolute Gasteiger partial charge is 0.232 e. The molecule has 1 atom stereocenters. The normalized spacial score (nSPS) is 18.0. The molecule has 172 valence electrons. The first kappa shape index (κ1) is 21.7. The Kier molecular flexibility index (Phi) is 6.44. The summed E-state index contributed by atoms with van der Waals surface area (Å²) in [5.41, 5.74) is 2.79. The highest BCUT2D eigenvalue weighted by Gasteiger charge is 2.23. The molecule has 0 unspecified atom stereocenters. The van der Waals surface area contributed by atoms with E-state index in [1.165, 1.54) is 24.0 Å². The fraction of sp³-hybridized carbons (Fsp3) is 0.400. The monoisotopic (exact) mass is 462 g/mol. The fourth-order valence-electron chi connectivity index (χ4n) is 4.62. The van der Waals surface area contributed by atoms with Gasteiger partial charge in [-0.2, -0.15) is 9.97 Å². The number of thiocarbonyl (C=S) groups is 1. The van der Waals surface area contributed by atoms with Gasteiger partial charge in [0, 0.05) is 32.2 Å². The number of fused-ring (bicyclic) bond motifs is 1. The van der Waals surface area contributed by atoms with Gasteiger partial charge in [0.2, 0.25) is 5.95 Å². The minimum atomic E-state index is 0.477. The Morgan fingerprint density at radius 2 is 1.91 bits per heavy atom. The largest absolute Gasteiger partial charge is 0.467 e. The predicted octanol–water partition coefficient (Wildman–Crippen LogP) is 4.36. The molecule has 8 heteroatoms. The van der Waals surface area contributed by atoms with E-state index in [1.807, 2.05) is 12.1 Å². The van der Waals surface area contributed by atoms with Crippen molar-refractivity contribution in [1.82, 2.24) is 15.3 Å². The molecule has 3 aromatic rings. The summed E-state index contributed by atoms with van der Waals surface area (Å²) in [6.07, 6.45) is 5.12. The van der Waals surface area contributed by atoms with Crippen LogP contribution < -0.4 is 20.4 Å². The molecule has 7 nitrogen and oxygen atoms in total. The summed E-state index contributed by atoms with van der Waals surface area (Å²) in [5.74, 6) is 3.90. The molecule has 4 heterocycles. The van der Waals surface area contributed by atoms with Crippen LogP contribution in [0.3, 0.4) is 0 Å². The van der Waals surface area contributed by atoms with Gasteiger partial charge in [-0.1, -0.05) is 31.2 Å². The van der Waals surface area contributed by atoms with Gasteiger partial charge in [-0.3, -0.25) is 0 Å². The Morgan fingerprint density at radius 3 is 2.70 bits per heavy atom. The molecule has 1 aromatic carbocycles. The first-order valence-corrected chi connectivity index (χ1v) is 12.1. The van der Waals surface area contributed by atoms with E-state index in [9.17, 15) is 0 Å². The lowest BCUT2D eigenvalue weighted by molar-refractivity contribution is 0.444. The summed E-state index contributed by atoms with van der Waals surface area (Å²) in [5, 5.41) is 6.85. The molecule has 2 aliphatic heterocycles. The minimum Gasteiger partial charge on any atom is -0.467 e. The molecule has 2 N–H and O–H groups in total. The third kappa shape index (κ3) is 5.27. The molecule has 1 saturated heterocycles. The molecular weight excluding hydrogens is 432 g/mol. The second-order valence-corrected chi connectivity index (χ2v) is 9.34. The van der Waals surface area contributed by atoms with Gasteiger partial charge in [0.05, 0.1) is 12.8 Å². The molecular formula is C25H30N6OS. The summed E-state index contributed by atoms with van der Waals surface area (Å²) in [6.45, 7) is 6.64. The van der Waals surface area contributed by atoms with Gasteiger partial charge in [0.1, 0.15) is 17.4 Å². The van der Waals surface area contributed by atoms with Crippen LogP contribution in [0.15, 0.2) is 53.1 Å². The number of piperidine rings is 1. The molecule has 1 fully saturated rings. The zero-order chi connectivity index (χ0) is 22.6. The van der Waals surface area contributed by atoms with Gasteiger partial charge in [-0.05, 0) is 60.7 Å². The topological polar surface area (TPSA) is 69.5 Å². The first-order chi connectivity index (χ1) is 16.1. The molecule has 33 heavy (non-hydrogen) atoms. The molecule has 0 radical (unpaired) electrons. The van der Waals surface area contributed by atoms with Crippen molar-refractivity contribution in [2.24, 2.45) is 5.92 Å². The van der Waals surface area contributed by atoms with E-state index in [2.05, 4.69) is 57.7 Å². The highest BCUT2D eigenvalue weighted by atomic mass is 32.1. The van der Waals surface area contributed by atoms with E-state index in [1.54, 1.807) is 6.26 Å². The van der Waals surface area contributed by atoms with E-state index in [0.29, 0.717) is 23.5 Å². The number of nitrogens with one attached hydrogen (secondary N) is 2. The molecule has 0 saturated carbocycles. The maximum atomic E-state index is 5.51. The highest BCUT2D eigenvalue weighted by molar-refractivity contribution is 7.80. The lowest BCUT2D eigenvalue weighted by atomic mass is 10.00. The summed E-state index contributed by atoms with van der Waals surface area (Å²) in [6, 6.07) is 14.6. The van der Waals surface area contributed by atoms with Crippen molar-refractivity contribution >= 4 is 34.9 Å². The molecule has 0 spiro atoms. The van der Waals surface area contributed by atoms with E-state index >= 15 is 0 Å². The Balaban J connectivity index is 1.38. The Bertz CT molecular complexity index is 1100. The summed E-state index contributed by atoms with van der Waals surface area (Å²) in [4.78, 5) is 14.4. The van der Waals surface area contributed by atoms with Crippen molar-refractivity contribution < 1.29 is 4.42 Å². The number of aromatic nitrogens is 2. The van der Waals surface area contributed by atoms with Gasteiger partial charge in [-0.25, -0.2) is 0 Å². The Hall–Kier alpha value is -3.13. The third-order valence-corrected chi connectivity index (χ3v) is 6.61. The first-order valence-electron chi connectivity index (χ1n) is 11.7. The lowest BCUT2D eigenvalue weighted by Crippen LogP contribution is -2.36. The average Bonchev–Trinajstić information content (AvgIpc) is 3.36. The minimum absolute atomic E-state index is 0.477. The molecule has 2 aliphatic rings. The highest BCUT2D eigenvalue weighted by Crippen LogP contribution is 2.29. The number of benzene rings is 1. The van der Waals surface area contributed by atoms with Crippen LogP contribution in [0.2, 0.25) is 0 Å². The van der Waals surface area contributed by atoms with Gasteiger partial charge < -0.3 is 24.9 Å². The molecule has 5 rings (SSSR count). The number of rotatable bonds is 5. The maximum absolute atomic E-state index is 5.51. The van der Waals surface area contributed by atoms with Crippen LogP contribution >= 0.6 is 12.2 Å². The Morgan fingerprint density at radius 1 is 1.09 bits per heavy atom. The SMILES string of the molecule is C[C@@H]1CCCN(c2cc(N3CCc4ccccc4C3)nc(NC(=S)NCc3ccco3)n2)C1. The van der Waals surface area contributed by atoms with Crippen molar-refractivity contribution in [2.45, 2.75) is 39.3 Å². The number of hydrogen-bond acceptors (Lipinski definition) is 6. The van der Waals surface area contributed by atoms with Gasteiger partial charge >= 0.3 is 0 Å². The zero-order valence-corrected chi connectivity index (χ0v) is 19.8. The number of furan rings is 1. The zero-order valence-electron chi connectivity index (χ0n) is 19.0. The standard InChI is InChI=1S/C25H30N6OS/c1-18-6-4-11-30(16-18)22-14-23(31-12-10-19-7-2-3-8-20(19)17-31)28-24(27-22)29-25(33)26-15-21-9-5-13-32-21/h2-3,5,7-9,13-14,18H,4,6,10-12,15-17H2,1H3,(H2,26,27,28,29,33)/t18-/m1/s1. The number of nitrogens with zero attached hydrogens (tertiary/aromatic N) is 4. The molecule has 2 aromatic heterocycles. The van der Waals surface area contributed by atoms with E-state index in [4.69, 9.17) is 26.6 Å². The van der Waals surface area contributed by atoms with Gasteiger partial charge in [0.25, 0.3) is 0 Å². The summed E-state index contributed by atoms with van der Waals surface area (Å²) >= 11 is 5.51. The third-order valence-electron chi connectivity index (χ3n) is 6.36. The van der Waals surface area contributed by atoms with Crippen molar-refractivity contribution in [3.63, 3.8) is 0 Å². The van der Waals surface area contributed by atoms with E-state index in [0.717, 1.165) is 50.0 Å². The second kappa shape index (κ2) is 9.79. The van der Waals surface area contributed by atoms with Gasteiger partial charge in [-0.15, -0.1) is 0 Å². The number of anilines is 3. The van der Waals surface area contributed by atoms with Crippen molar-refractivity contribution in [1.29, 1.82) is 0 Å². The van der Waals surface area contributed by atoms with Crippen LogP contribution in [0.4, 0.5) is 17.6 Å². The van der Waals surface area contributed by atoms with Crippen LogP contribution in [0.5, 0.6) is 0 Å². The van der Waals surface area contributed by atoms with Crippen molar-refractivity contribution in [2.75, 3.05) is 34.8 Å². The van der Waals surface area contributed by atoms with Crippen LogP contribution in [-0.4, -0.2) is 34.7 Å². The van der Waals surface area contributed by atoms with Crippen LogP contribution in [-0.2, 0) is 19.5 Å². The summed E-state index contributed by atoms with van der Waals surface area (Å²) < 4.78 is 5.38. The second-order valence-electron chi connectivity index (χ2n) is 8.93. The predicted molar refractivity (Wildman–Crippen MR) is 136 cm³/mol. The molecule has 0 amide bonds. The van der Waals surface area contributed by atoms with E-state index in [-0.39, 0.29) is 0 Å². The Labute approximate surface area is 200 Å². The van der Waals surface area contributed by atoms with Crippen LogP contribution in [0.25, 0.3) is 0 Å². The maximum Gasteiger partial charge on any atom is 0.232 e. The molecule has 0 aliphatic carbocycles. The van der Waals surface area contributed by atoms with Crippen molar-refractivity contribution in [3.8, 4) is 0 Å². The molecule has 0 bridgehead atoms. The van der Waals surface area contributed by atoms with Crippen LogP contribution in [0.1, 0.15) is 36.7 Å². The lowest BCUT2D eigenvalue weighted by Gasteiger charge is -2.34. The van der Waals surface area contributed by atoms with Gasteiger partial charge in [0.15, 0.2) is 5.11 Å². The fourth-order valence-corrected chi connectivity index (χ4v) is 4.78. The quantitative estimate of drug-likeness (QED) is 0.542. The summed E-state index contributed by atoms with van der Waals surface area (Å²) in [7, 11) is 0. The van der Waals surface area contributed by atoms with Crippen LogP contribution in [0, 0.1) is 5.92 Å².